The van der Waals surface area contributed by atoms with E-state index >= 15 is 0 Å². The van der Waals surface area contributed by atoms with E-state index in [4.69, 9.17) is 0 Å². The lowest BCUT2D eigenvalue weighted by Crippen LogP contribution is -2.45. The van der Waals surface area contributed by atoms with Gasteiger partial charge in [-0.2, -0.15) is 0 Å². The highest BCUT2D eigenvalue weighted by atomic mass is 16.5. The van der Waals surface area contributed by atoms with Crippen LogP contribution in [-0.4, -0.2) is 36.2 Å². The van der Waals surface area contributed by atoms with Gasteiger partial charge >= 0.3 is 5.97 Å². The molecule has 5 heteroatoms. The van der Waals surface area contributed by atoms with E-state index in [1.54, 1.807) is 0 Å². The number of hydrogen-bond donors (Lipinski definition) is 2. The quantitative estimate of drug-likeness (QED) is 0.699. The summed E-state index contributed by atoms with van der Waals surface area (Å²) in [6, 6.07) is -0.116. The normalized spacial score (nSPS) is 24.1. The van der Waals surface area contributed by atoms with Crippen molar-refractivity contribution in [1.29, 1.82) is 0 Å². The molecule has 0 unspecified atom stereocenters. The van der Waals surface area contributed by atoms with E-state index in [0.717, 1.165) is 25.7 Å². The van der Waals surface area contributed by atoms with Crippen molar-refractivity contribution in [3.63, 3.8) is 0 Å². The number of ether oxygens (including phenoxy) is 1. The second-order valence-electron chi connectivity index (χ2n) is 4.46. The van der Waals surface area contributed by atoms with Crippen LogP contribution in [0.25, 0.3) is 0 Å². The van der Waals surface area contributed by atoms with Gasteiger partial charge in [0.1, 0.15) is 0 Å². The van der Waals surface area contributed by atoms with Crippen molar-refractivity contribution in [3.05, 3.63) is 0 Å². The predicted octanol–water partition coefficient (Wildman–Crippen LogP) is 0.749. The van der Waals surface area contributed by atoms with Crippen molar-refractivity contribution in [2.24, 2.45) is 0 Å². The molecule has 17 heavy (non-hydrogen) atoms. The Morgan fingerprint density at radius 3 is 2.65 bits per heavy atom. The summed E-state index contributed by atoms with van der Waals surface area (Å²) >= 11 is 0. The molecule has 0 aromatic rings. The second-order valence-corrected chi connectivity index (χ2v) is 4.46. The molecule has 0 aromatic carbocycles. The van der Waals surface area contributed by atoms with Crippen molar-refractivity contribution >= 4 is 11.9 Å². The van der Waals surface area contributed by atoms with Crippen LogP contribution in [0.2, 0.25) is 0 Å². The number of hydrogen-bond acceptors (Lipinski definition) is 4. The molecule has 1 amide bonds. The lowest BCUT2D eigenvalue weighted by molar-refractivity contribution is -0.140. The van der Waals surface area contributed by atoms with E-state index in [9.17, 15) is 14.7 Å². The molecule has 0 heterocycles. The average molecular weight is 243 g/mol. The zero-order chi connectivity index (χ0) is 12.7. The van der Waals surface area contributed by atoms with Gasteiger partial charge in [-0.1, -0.05) is 12.8 Å². The van der Waals surface area contributed by atoms with Gasteiger partial charge in [-0.25, -0.2) is 0 Å². The number of aliphatic hydroxyl groups is 1. The molecule has 5 nitrogen and oxygen atoms in total. The summed E-state index contributed by atoms with van der Waals surface area (Å²) in [4.78, 5) is 22.4. The van der Waals surface area contributed by atoms with Crippen LogP contribution in [0.4, 0.5) is 0 Å². The Morgan fingerprint density at radius 2 is 2.00 bits per heavy atom. The van der Waals surface area contributed by atoms with Gasteiger partial charge in [-0.3, -0.25) is 9.59 Å². The van der Waals surface area contributed by atoms with Crippen molar-refractivity contribution in [1.82, 2.24) is 5.32 Å². The summed E-state index contributed by atoms with van der Waals surface area (Å²) in [6.07, 6.45) is 4.29. The average Bonchev–Trinajstić information content (AvgIpc) is 2.32. The van der Waals surface area contributed by atoms with Gasteiger partial charge in [0.05, 0.1) is 19.3 Å². The van der Waals surface area contributed by atoms with Crippen LogP contribution in [0.1, 0.15) is 44.9 Å². The topological polar surface area (TPSA) is 75.6 Å². The smallest absolute Gasteiger partial charge is 0.305 e. The molecule has 98 valence electrons. The maximum Gasteiger partial charge on any atom is 0.305 e. The summed E-state index contributed by atoms with van der Waals surface area (Å²) in [5.74, 6) is -0.393. The van der Waals surface area contributed by atoms with E-state index in [1.165, 1.54) is 7.11 Å². The van der Waals surface area contributed by atoms with Crippen LogP contribution in [0.3, 0.4) is 0 Å². The maximum absolute atomic E-state index is 11.6. The number of amides is 1. The standard InChI is InChI=1S/C12H21NO4/c1-17-12(16)8-4-7-11(15)13-9-5-2-3-6-10(9)14/h9-10,14H,2-8H2,1H3,(H,13,15)/t9-,10-/m1/s1. The molecule has 2 atom stereocenters. The van der Waals surface area contributed by atoms with Crippen molar-refractivity contribution in [2.75, 3.05) is 7.11 Å². The molecule has 1 aliphatic carbocycles. The molecule has 0 bridgehead atoms. The zero-order valence-electron chi connectivity index (χ0n) is 10.3. The zero-order valence-corrected chi connectivity index (χ0v) is 10.3. The first-order chi connectivity index (χ1) is 8.13. The first-order valence-electron chi connectivity index (χ1n) is 6.17. The van der Waals surface area contributed by atoms with Crippen LogP contribution in [0, 0.1) is 0 Å². The minimum atomic E-state index is -0.423. The Labute approximate surface area is 102 Å². The summed E-state index contributed by atoms with van der Waals surface area (Å²) in [7, 11) is 1.33. The van der Waals surface area contributed by atoms with Gasteiger partial charge in [0, 0.05) is 12.8 Å². The number of esters is 1. The Kier molecular flexibility index (Phi) is 5.97. The SMILES string of the molecule is COC(=O)CCCC(=O)N[C@@H]1CCCC[C@H]1O. The van der Waals surface area contributed by atoms with E-state index in [1.807, 2.05) is 0 Å². The fraction of sp³-hybridized carbons (Fsp3) is 0.833. The van der Waals surface area contributed by atoms with Gasteiger partial charge in [0.15, 0.2) is 0 Å². The third-order valence-corrected chi connectivity index (χ3v) is 3.09. The summed E-state index contributed by atoms with van der Waals surface area (Å²) in [5, 5.41) is 12.5. The molecular formula is C12H21NO4. The number of methoxy groups -OCH3 is 1. The monoisotopic (exact) mass is 243 g/mol. The van der Waals surface area contributed by atoms with Gasteiger partial charge in [0.25, 0.3) is 0 Å². The van der Waals surface area contributed by atoms with E-state index in [0.29, 0.717) is 12.8 Å². The maximum atomic E-state index is 11.6. The Bertz CT molecular complexity index is 267. The van der Waals surface area contributed by atoms with Crippen molar-refractivity contribution in [3.8, 4) is 0 Å². The number of carbonyl (C=O) groups is 2. The van der Waals surface area contributed by atoms with E-state index in [2.05, 4.69) is 10.1 Å². The van der Waals surface area contributed by atoms with E-state index < -0.39 is 6.10 Å². The largest absolute Gasteiger partial charge is 0.469 e. The molecule has 1 rings (SSSR count). The molecule has 2 N–H and O–H groups in total. The van der Waals surface area contributed by atoms with Gasteiger partial charge in [0.2, 0.25) is 5.91 Å². The van der Waals surface area contributed by atoms with Gasteiger partial charge in [-0.05, 0) is 19.3 Å². The molecule has 0 spiro atoms. The Hall–Kier alpha value is -1.10. The predicted molar refractivity (Wildman–Crippen MR) is 62.3 cm³/mol. The fourth-order valence-electron chi connectivity index (χ4n) is 2.05. The molecular weight excluding hydrogens is 222 g/mol. The number of rotatable bonds is 5. The highest BCUT2D eigenvalue weighted by Gasteiger charge is 2.24. The first kappa shape index (κ1) is 14.0. The Morgan fingerprint density at radius 1 is 1.29 bits per heavy atom. The minimum absolute atomic E-state index is 0.0974. The third-order valence-electron chi connectivity index (χ3n) is 3.09. The number of carbonyl (C=O) groups excluding carboxylic acids is 2. The van der Waals surface area contributed by atoms with Crippen molar-refractivity contribution in [2.45, 2.75) is 57.1 Å². The Balaban J connectivity index is 2.17. The summed E-state index contributed by atoms with van der Waals surface area (Å²) in [5.41, 5.74) is 0. The molecule has 0 aromatic heterocycles. The molecule has 0 saturated heterocycles. The number of aliphatic hydroxyl groups excluding tert-OH is 1. The lowest BCUT2D eigenvalue weighted by atomic mass is 9.92. The van der Waals surface area contributed by atoms with Crippen LogP contribution in [0.15, 0.2) is 0 Å². The van der Waals surface area contributed by atoms with E-state index in [-0.39, 0.29) is 24.3 Å². The van der Waals surface area contributed by atoms with Crippen LogP contribution >= 0.6 is 0 Å². The second kappa shape index (κ2) is 7.27. The molecule has 0 aliphatic heterocycles. The summed E-state index contributed by atoms with van der Waals surface area (Å²) in [6.45, 7) is 0. The van der Waals surface area contributed by atoms with Crippen LogP contribution in [-0.2, 0) is 14.3 Å². The summed E-state index contributed by atoms with van der Waals surface area (Å²) < 4.78 is 4.49. The number of nitrogens with one attached hydrogen (secondary N) is 1. The highest BCUT2D eigenvalue weighted by molar-refractivity contribution is 5.77. The first-order valence-corrected chi connectivity index (χ1v) is 6.17. The minimum Gasteiger partial charge on any atom is -0.469 e. The molecule has 0 radical (unpaired) electrons. The highest BCUT2D eigenvalue weighted by Crippen LogP contribution is 2.18. The molecule has 1 saturated carbocycles. The van der Waals surface area contributed by atoms with Gasteiger partial charge in [-0.15, -0.1) is 0 Å². The lowest BCUT2D eigenvalue weighted by Gasteiger charge is -2.28. The van der Waals surface area contributed by atoms with Crippen molar-refractivity contribution < 1.29 is 19.4 Å². The fourth-order valence-corrected chi connectivity index (χ4v) is 2.05. The molecule has 1 aliphatic rings. The molecule has 1 fully saturated rings. The van der Waals surface area contributed by atoms with Crippen LogP contribution in [0.5, 0.6) is 0 Å². The van der Waals surface area contributed by atoms with Gasteiger partial charge < -0.3 is 15.2 Å². The van der Waals surface area contributed by atoms with Crippen LogP contribution < -0.4 is 5.32 Å². The third kappa shape index (κ3) is 5.17.